The summed E-state index contributed by atoms with van der Waals surface area (Å²) >= 11 is 1.16. The summed E-state index contributed by atoms with van der Waals surface area (Å²) in [5.74, 6) is -0.309. The van der Waals surface area contributed by atoms with Gasteiger partial charge < -0.3 is 4.74 Å². The highest BCUT2D eigenvalue weighted by Crippen LogP contribution is 2.20. The molecule has 7 heteroatoms. The number of thioether (sulfide) groups is 1. The molecule has 0 saturated carbocycles. The summed E-state index contributed by atoms with van der Waals surface area (Å²) in [5, 5.41) is 0.321. The molecule has 2 amide bonds. The fourth-order valence-electron chi connectivity index (χ4n) is 1.98. The highest BCUT2D eigenvalue weighted by atomic mass is 32.2. The lowest BCUT2D eigenvalue weighted by Crippen LogP contribution is -2.37. The maximum Gasteiger partial charge on any atom is 0.257 e. The summed E-state index contributed by atoms with van der Waals surface area (Å²) in [5.41, 5.74) is 0. The Morgan fingerprint density at radius 2 is 2.11 bits per heavy atom. The highest BCUT2D eigenvalue weighted by Gasteiger charge is 2.27. The van der Waals surface area contributed by atoms with Gasteiger partial charge in [0.2, 0.25) is 5.91 Å². The van der Waals surface area contributed by atoms with Crippen molar-refractivity contribution in [1.82, 2.24) is 4.90 Å². The van der Waals surface area contributed by atoms with Crippen molar-refractivity contribution in [2.75, 3.05) is 26.0 Å². The van der Waals surface area contributed by atoms with Crippen molar-refractivity contribution >= 4 is 34.5 Å². The third kappa shape index (κ3) is 3.63. The van der Waals surface area contributed by atoms with Gasteiger partial charge in [0, 0.05) is 26.2 Å². The standard InChI is InChI=1S/C12H16N2O4S/c1-14-11(17)6-10(16)13-12(14)19-7-9(15)8-2-4-18-5-3-8/h8H,2-7H2,1H3. The van der Waals surface area contributed by atoms with Gasteiger partial charge in [0.05, 0.1) is 5.75 Å². The molecule has 2 heterocycles. The van der Waals surface area contributed by atoms with E-state index in [1.165, 1.54) is 4.90 Å². The van der Waals surface area contributed by atoms with E-state index >= 15 is 0 Å². The van der Waals surface area contributed by atoms with Crippen LogP contribution in [0.15, 0.2) is 4.99 Å². The topological polar surface area (TPSA) is 76.0 Å². The van der Waals surface area contributed by atoms with Crippen molar-refractivity contribution in [1.29, 1.82) is 0 Å². The first-order valence-corrected chi connectivity index (χ1v) is 7.18. The molecule has 0 aromatic rings. The number of nitrogens with zero attached hydrogens (tertiary/aromatic N) is 2. The molecule has 0 unspecified atom stereocenters. The van der Waals surface area contributed by atoms with Crippen LogP contribution in [0, 0.1) is 5.92 Å². The van der Waals surface area contributed by atoms with E-state index in [0.717, 1.165) is 24.6 Å². The Hall–Kier alpha value is -1.21. The van der Waals surface area contributed by atoms with Gasteiger partial charge >= 0.3 is 0 Å². The van der Waals surface area contributed by atoms with Gasteiger partial charge in [-0.15, -0.1) is 0 Å². The minimum Gasteiger partial charge on any atom is -0.381 e. The number of rotatable bonds is 3. The number of carbonyl (C=O) groups excluding carboxylic acids is 3. The van der Waals surface area contributed by atoms with E-state index in [1.807, 2.05) is 0 Å². The van der Waals surface area contributed by atoms with Crippen LogP contribution in [0.1, 0.15) is 19.3 Å². The molecular formula is C12H16N2O4S. The molecule has 0 spiro atoms. The summed E-state index contributed by atoms with van der Waals surface area (Å²) in [6.07, 6.45) is 1.31. The van der Waals surface area contributed by atoms with Gasteiger partial charge in [-0.2, -0.15) is 4.99 Å². The zero-order chi connectivity index (χ0) is 13.8. The van der Waals surface area contributed by atoms with Crippen LogP contribution in [0.4, 0.5) is 0 Å². The number of ether oxygens (including phenoxy) is 1. The maximum atomic E-state index is 12.0. The van der Waals surface area contributed by atoms with Gasteiger partial charge in [-0.3, -0.25) is 19.3 Å². The Morgan fingerprint density at radius 1 is 1.42 bits per heavy atom. The van der Waals surface area contributed by atoms with E-state index < -0.39 is 5.91 Å². The number of aliphatic imine (C=N–C) groups is 1. The second-order valence-electron chi connectivity index (χ2n) is 4.56. The highest BCUT2D eigenvalue weighted by molar-refractivity contribution is 8.14. The third-order valence-corrected chi connectivity index (χ3v) is 4.26. The van der Waals surface area contributed by atoms with E-state index in [4.69, 9.17) is 4.74 Å². The van der Waals surface area contributed by atoms with Crippen LogP contribution >= 0.6 is 11.8 Å². The zero-order valence-electron chi connectivity index (χ0n) is 10.8. The molecule has 104 valence electrons. The summed E-state index contributed by atoms with van der Waals surface area (Å²) in [6, 6.07) is 0. The molecule has 2 rings (SSSR count). The van der Waals surface area contributed by atoms with Crippen molar-refractivity contribution in [3.05, 3.63) is 0 Å². The predicted octanol–water partition coefficient (Wildman–Crippen LogP) is 0.460. The van der Waals surface area contributed by atoms with E-state index in [0.29, 0.717) is 18.4 Å². The monoisotopic (exact) mass is 284 g/mol. The molecule has 0 radical (unpaired) electrons. The minimum absolute atomic E-state index is 0.0298. The number of hydrogen-bond acceptors (Lipinski definition) is 5. The Balaban J connectivity index is 1.89. The molecule has 2 aliphatic rings. The summed E-state index contributed by atoms with van der Waals surface area (Å²) < 4.78 is 5.21. The molecule has 0 aromatic carbocycles. The third-order valence-electron chi connectivity index (χ3n) is 3.20. The smallest absolute Gasteiger partial charge is 0.257 e. The van der Waals surface area contributed by atoms with E-state index in [9.17, 15) is 14.4 Å². The van der Waals surface area contributed by atoms with E-state index in [1.54, 1.807) is 7.05 Å². The minimum atomic E-state index is -0.441. The van der Waals surface area contributed by atoms with Crippen LogP contribution in [0.5, 0.6) is 0 Å². The van der Waals surface area contributed by atoms with Crippen LogP contribution < -0.4 is 0 Å². The predicted molar refractivity (Wildman–Crippen MR) is 70.8 cm³/mol. The van der Waals surface area contributed by atoms with Crippen molar-refractivity contribution < 1.29 is 19.1 Å². The Kier molecular flexibility index (Phi) is 4.71. The van der Waals surface area contributed by atoms with Gasteiger partial charge in [0.1, 0.15) is 12.2 Å². The second kappa shape index (κ2) is 6.29. The summed E-state index contributed by atoms with van der Waals surface area (Å²) in [7, 11) is 1.57. The summed E-state index contributed by atoms with van der Waals surface area (Å²) in [6.45, 7) is 1.25. The first kappa shape index (κ1) is 14.2. The molecular weight excluding hydrogens is 268 g/mol. The lowest BCUT2D eigenvalue weighted by atomic mass is 9.96. The second-order valence-corrected chi connectivity index (χ2v) is 5.50. The first-order chi connectivity index (χ1) is 9.08. The molecule has 2 aliphatic heterocycles. The van der Waals surface area contributed by atoms with Crippen LogP contribution in [-0.2, 0) is 19.1 Å². The maximum absolute atomic E-state index is 12.0. The average Bonchev–Trinajstić information content (AvgIpc) is 2.41. The molecule has 1 saturated heterocycles. The summed E-state index contributed by atoms with van der Waals surface area (Å²) in [4.78, 5) is 39.8. The molecule has 0 bridgehead atoms. The molecule has 0 aromatic heterocycles. The Labute approximate surface area is 115 Å². The van der Waals surface area contributed by atoms with Gasteiger partial charge in [-0.1, -0.05) is 11.8 Å². The molecule has 0 atom stereocenters. The van der Waals surface area contributed by atoms with Crippen LogP contribution in [0.3, 0.4) is 0 Å². The van der Waals surface area contributed by atoms with Gasteiger partial charge in [-0.05, 0) is 12.8 Å². The van der Waals surface area contributed by atoms with Gasteiger partial charge in [0.25, 0.3) is 5.91 Å². The average molecular weight is 284 g/mol. The first-order valence-electron chi connectivity index (χ1n) is 6.19. The van der Waals surface area contributed by atoms with Crippen molar-refractivity contribution in [2.45, 2.75) is 19.3 Å². The van der Waals surface area contributed by atoms with E-state index in [-0.39, 0.29) is 29.8 Å². The number of carbonyl (C=O) groups is 3. The lowest BCUT2D eigenvalue weighted by Gasteiger charge is -2.23. The Bertz CT molecular complexity index is 429. The normalized spacial score (nSPS) is 21.5. The van der Waals surface area contributed by atoms with Crippen molar-refractivity contribution in [3.63, 3.8) is 0 Å². The fraction of sp³-hybridized carbons (Fsp3) is 0.667. The van der Waals surface area contributed by atoms with Gasteiger partial charge in [0.15, 0.2) is 5.17 Å². The van der Waals surface area contributed by atoms with Crippen LogP contribution in [-0.4, -0.2) is 53.7 Å². The number of amides is 2. The fourth-order valence-corrected chi connectivity index (χ4v) is 2.95. The SMILES string of the molecule is CN1C(=O)CC(=O)N=C1SCC(=O)C1CCOCC1. The lowest BCUT2D eigenvalue weighted by molar-refractivity contribution is -0.132. The molecule has 19 heavy (non-hydrogen) atoms. The quantitative estimate of drug-likeness (QED) is 0.704. The van der Waals surface area contributed by atoms with Crippen LogP contribution in [0.2, 0.25) is 0 Å². The zero-order valence-corrected chi connectivity index (χ0v) is 11.6. The molecule has 0 N–H and O–H groups in total. The van der Waals surface area contributed by atoms with E-state index in [2.05, 4.69) is 4.99 Å². The number of amidine groups is 1. The number of ketones is 1. The Morgan fingerprint density at radius 3 is 2.79 bits per heavy atom. The van der Waals surface area contributed by atoms with Crippen LogP contribution in [0.25, 0.3) is 0 Å². The van der Waals surface area contributed by atoms with Crippen molar-refractivity contribution in [3.8, 4) is 0 Å². The van der Waals surface area contributed by atoms with Gasteiger partial charge in [-0.25, -0.2) is 0 Å². The molecule has 1 fully saturated rings. The largest absolute Gasteiger partial charge is 0.381 e. The van der Waals surface area contributed by atoms with Crippen molar-refractivity contribution in [2.24, 2.45) is 10.9 Å². The number of hydrogen-bond donors (Lipinski definition) is 0. The molecule has 0 aliphatic carbocycles. The molecule has 6 nitrogen and oxygen atoms in total. The number of Topliss-reactive ketones (excluding diaryl/α,β-unsaturated/α-hetero) is 1.